The van der Waals surface area contributed by atoms with Crippen molar-refractivity contribution in [2.24, 2.45) is 19.1 Å². The summed E-state index contributed by atoms with van der Waals surface area (Å²) in [5.74, 6) is 0.172. The standard InChI is InChI=1S/C37H42N8O7/c1-43-21-24(17-29(43)35(48)38-13-6-15-46)23-9-11-25(12-10-23)40-36(49)34-42-32(22-44(34)2)41-33(47)8-5-16-52-31-19-28-27(18-30(31)51-3)37(50)45-14-4-7-26(45)20-39-28/h9-12,17-22,26,46H,4-8,13-16H2,1-3H3,(H,38,48)(H,40,49)(H,41,47). The van der Waals surface area contributed by atoms with Crippen LogP contribution in [-0.4, -0.2) is 93.4 Å². The SMILES string of the molecule is COc1cc2c(cc1OCCCC(=O)Nc1cn(C)c(C(=O)Nc3ccc(-c4cc(C(=O)NCCCO)n(C)c4)cc3)n1)N=CC1CCCN1C2=O. The molecule has 6 rings (SSSR count). The third kappa shape index (κ3) is 7.99. The molecule has 0 aliphatic carbocycles. The number of hydrogen-bond acceptors (Lipinski definition) is 9. The maximum absolute atomic E-state index is 13.1. The summed E-state index contributed by atoms with van der Waals surface area (Å²) in [5.41, 5.74) is 3.74. The lowest BCUT2D eigenvalue weighted by Crippen LogP contribution is -2.35. The van der Waals surface area contributed by atoms with Gasteiger partial charge >= 0.3 is 0 Å². The van der Waals surface area contributed by atoms with E-state index in [9.17, 15) is 19.2 Å². The van der Waals surface area contributed by atoms with Gasteiger partial charge < -0.3 is 44.6 Å². The third-order valence-electron chi connectivity index (χ3n) is 8.94. The number of aliphatic imine (C=N–C) groups is 1. The molecule has 0 radical (unpaired) electrons. The van der Waals surface area contributed by atoms with Crippen LogP contribution in [0.3, 0.4) is 0 Å². The van der Waals surface area contributed by atoms with E-state index < -0.39 is 5.91 Å². The summed E-state index contributed by atoms with van der Waals surface area (Å²) in [7, 11) is 4.96. The number of amides is 4. The van der Waals surface area contributed by atoms with Gasteiger partial charge in [0.1, 0.15) is 5.69 Å². The first-order valence-corrected chi connectivity index (χ1v) is 17.2. The first kappa shape index (κ1) is 35.9. The van der Waals surface area contributed by atoms with Gasteiger partial charge in [0.05, 0.1) is 31.0 Å². The predicted octanol–water partition coefficient (Wildman–Crippen LogP) is 3.92. The van der Waals surface area contributed by atoms with Gasteiger partial charge in [0.2, 0.25) is 11.7 Å². The molecule has 4 aromatic rings. The number of benzene rings is 2. The molecule has 2 aromatic heterocycles. The maximum Gasteiger partial charge on any atom is 0.291 e. The average molecular weight is 711 g/mol. The molecule has 0 spiro atoms. The minimum atomic E-state index is -0.452. The number of methoxy groups -OCH3 is 1. The lowest BCUT2D eigenvalue weighted by atomic mass is 10.1. The smallest absolute Gasteiger partial charge is 0.291 e. The molecule has 0 bridgehead atoms. The van der Waals surface area contributed by atoms with Crippen molar-refractivity contribution < 1.29 is 33.8 Å². The minimum absolute atomic E-state index is 0.00116. The van der Waals surface area contributed by atoms with Gasteiger partial charge in [-0.25, -0.2) is 4.98 Å². The van der Waals surface area contributed by atoms with Crippen LogP contribution in [0.1, 0.15) is 63.6 Å². The summed E-state index contributed by atoms with van der Waals surface area (Å²) in [5, 5.41) is 17.3. The van der Waals surface area contributed by atoms with E-state index in [1.807, 2.05) is 29.4 Å². The van der Waals surface area contributed by atoms with Gasteiger partial charge in [-0.2, -0.15) is 0 Å². The number of aliphatic hydroxyl groups is 1. The van der Waals surface area contributed by atoms with Gasteiger partial charge in [-0.15, -0.1) is 0 Å². The van der Waals surface area contributed by atoms with Crippen molar-refractivity contribution in [2.75, 3.05) is 44.0 Å². The molecule has 2 aliphatic heterocycles. The van der Waals surface area contributed by atoms with Gasteiger partial charge in [-0.1, -0.05) is 12.1 Å². The number of carbonyl (C=O) groups is 4. The van der Waals surface area contributed by atoms with Crippen molar-refractivity contribution in [1.82, 2.24) is 24.3 Å². The molecule has 1 saturated heterocycles. The van der Waals surface area contributed by atoms with Crippen molar-refractivity contribution >= 4 is 47.0 Å². The van der Waals surface area contributed by atoms with Crippen molar-refractivity contribution in [3.8, 4) is 22.6 Å². The normalized spacial score (nSPS) is 14.7. The third-order valence-corrected chi connectivity index (χ3v) is 8.94. The molecule has 4 N–H and O–H groups in total. The van der Waals surface area contributed by atoms with E-state index in [1.54, 1.807) is 55.2 Å². The molecular weight excluding hydrogens is 668 g/mol. The lowest BCUT2D eigenvalue weighted by molar-refractivity contribution is -0.116. The second kappa shape index (κ2) is 15.9. The molecule has 1 unspecified atom stereocenters. The zero-order valence-electron chi connectivity index (χ0n) is 29.3. The van der Waals surface area contributed by atoms with E-state index in [0.29, 0.717) is 60.1 Å². The number of fused-ring (bicyclic) bond motifs is 2. The molecule has 4 heterocycles. The van der Waals surface area contributed by atoms with Gasteiger partial charge in [-0.3, -0.25) is 24.2 Å². The molecule has 0 saturated carbocycles. The highest BCUT2D eigenvalue weighted by atomic mass is 16.5. The van der Waals surface area contributed by atoms with Crippen molar-refractivity contribution in [2.45, 2.75) is 38.1 Å². The van der Waals surface area contributed by atoms with E-state index >= 15 is 0 Å². The van der Waals surface area contributed by atoms with E-state index in [-0.39, 0.29) is 55.0 Å². The molecule has 272 valence electrons. The molecule has 2 aromatic carbocycles. The Morgan fingerprint density at radius 2 is 1.77 bits per heavy atom. The summed E-state index contributed by atoms with van der Waals surface area (Å²) in [6.45, 7) is 1.32. The maximum atomic E-state index is 13.1. The fraction of sp³-hybridized carbons (Fsp3) is 0.351. The number of aromatic nitrogens is 3. The average Bonchev–Trinajstić information content (AvgIpc) is 3.85. The number of carbonyl (C=O) groups excluding carboxylic acids is 4. The number of rotatable bonds is 14. The molecule has 15 nitrogen and oxygen atoms in total. The van der Waals surface area contributed by atoms with Crippen molar-refractivity contribution in [3.63, 3.8) is 0 Å². The van der Waals surface area contributed by atoms with Crippen LogP contribution in [0.15, 0.2) is 59.9 Å². The Balaban J connectivity index is 0.989. The highest BCUT2D eigenvalue weighted by molar-refractivity contribution is 6.04. The summed E-state index contributed by atoms with van der Waals surface area (Å²) in [6, 6.07) is 12.3. The van der Waals surface area contributed by atoms with Gasteiger partial charge in [0.25, 0.3) is 17.7 Å². The molecule has 4 amide bonds. The molecule has 2 aliphatic rings. The first-order chi connectivity index (χ1) is 25.1. The van der Waals surface area contributed by atoms with Gasteiger partial charge in [-0.05, 0) is 55.5 Å². The van der Waals surface area contributed by atoms with Crippen LogP contribution in [0.25, 0.3) is 11.1 Å². The summed E-state index contributed by atoms with van der Waals surface area (Å²) in [4.78, 5) is 62.1. The highest BCUT2D eigenvalue weighted by Crippen LogP contribution is 2.38. The van der Waals surface area contributed by atoms with Crippen molar-refractivity contribution in [1.29, 1.82) is 0 Å². The zero-order chi connectivity index (χ0) is 36.8. The van der Waals surface area contributed by atoms with Crippen LogP contribution in [-0.2, 0) is 18.9 Å². The first-order valence-electron chi connectivity index (χ1n) is 17.2. The number of aliphatic hydroxyl groups excluding tert-OH is 1. The zero-order valence-corrected chi connectivity index (χ0v) is 29.3. The number of anilines is 2. The minimum Gasteiger partial charge on any atom is -0.493 e. The van der Waals surface area contributed by atoms with E-state index in [1.165, 1.54) is 11.7 Å². The summed E-state index contributed by atoms with van der Waals surface area (Å²) in [6.07, 6.45) is 8.08. The lowest BCUT2D eigenvalue weighted by Gasteiger charge is -2.20. The van der Waals surface area contributed by atoms with Crippen LogP contribution < -0.4 is 25.4 Å². The van der Waals surface area contributed by atoms with Crippen LogP contribution in [0.2, 0.25) is 0 Å². The predicted molar refractivity (Wildman–Crippen MR) is 195 cm³/mol. The van der Waals surface area contributed by atoms with Gasteiger partial charge in [0, 0.05) is 76.1 Å². The quantitative estimate of drug-likeness (QED) is 0.142. The number of imidazole rings is 1. The Kier molecular flexibility index (Phi) is 11.0. The monoisotopic (exact) mass is 710 g/mol. The van der Waals surface area contributed by atoms with Crippen LogP contribution >= 0.6 is 0 Å². The fourth-order valence-corrected chi connectivity index (χ4v) is 6.23. The highest BCUT2D eigenvalue weighted by Gasteiger charge is 2.32. The van der Waals surface area contributed by atoms with Crippen LogP contribution in [0.5, 0.6) is 11.5 Å². The van der Waals surface area contributed by atoms with Crippen LogP contribution in [0.4, 0.5) is 17.2 Å². The van der Waals surface area contributed by atoms with E-state index in [0.717, 1.165) is 24.0 Å². The number of nitrogens with zero attached hydrogens (tertiary/aromatic N) is 5. The van der Waals surface area contributed by atoms with Crippen LogP contribution in [0, 0.1) is 0 Å². The topological polar surface area (TPSA) is 181 Å². The number of hydrogen-bond donors (Lipinski definition) is 4. The molecule has 15 heteroatoms. The summed E-state index contributed by atoms with van der Waals surface area (Å²) >= 11 is 0. The van der Waals surface area contributed by atoms with Gasteiger partial charge in [0.15, 0.2) is 17.3 Å². The number of nitrogens with one attached hydrogen (secondary N) is 3. The number of aryl methyl sites for hydroxylation is 2. The Morgan fingerprint density at radius 3 is 2.54 bits per heavy atom. The second-order valence-electron chi connectivity index (χ2n) is 12.7. The Labute approximate surface area is 300 Å². The molecule has 1 atom stereocenters. The fourth-order valence-electron chi connectivity index (χ4n) is 6.23. The van der Waals surface area contributed by atoms with E-state index in [4.69, 9.17) is 14.6 Å². The Hall–Kier alpha value is -5.96. The second-order valence-corrected chi connectivity index (χ2v) is 12.7. The molecule has 1 fully saturated rings. The Bertz CT molecular complexity index is 2000. The van der Waals surface area contributed by atoms with E-state index in [2.05, 4.69) is 25.9 Å². The Morgan fingerprint density at radius 1 is 0.962 bits per heavy atom. The largest absolute Gasteiger partial charge is 0.493 e. The molecular formula is C37H42N8O7. The van der Waals surface area contributed by atoms with Crippen molar-refractivity contribution in [3.05, 3.63) is 71.9 Å². The number of ether oxygens (including phenoxy) is 2. The molecule has 52 heavy (non-hydrogen) atoms. The summed E-state index contributed by atoms with van der Waals surface area (Å²) < 4.78 is 14.7.